The molecule has 1 aliphatic carbocycles. The molecular formula is C14H25NO. The van der Waals surface area contributed by atoms with Crippen molar-refractivity contribution in [1.29, 1.82) is 0 Å². The van der Waals surface area contributed by atoms with Gasteiger partial charge >= 0.3 is 0 Å². The second kappa shape index (κ2) is 5.33. The van der Waals surface area contributed by atoms with E-state index in [1.165, 1.54) is 38.5 Å². The van der Waals surface area contributed by atoms with Crippen LogP contribution in [0.4, 0.5) is 0 Å². The molecule has 0 radical (unpaired) electrons. The Morgan fingerprint density at radius 3 is 3.00 bits per heavy atom. The minimum atomic E-state index is 0.272. The number of ether oxygens (including phenoxy) is 1. The van der Waals surface area contributed by atoms with Crippen molar-refractivity contribution in [3.05, 3.63) is 12.7 Å². The third-order valence-corrected chi connectivity index (χ3v) is 4.08. The quantitative estimate of drug-likeness (QED) is 0.723. The second-order valence-corrected chi connectivity index (χ2v) is 5.51. The van der Waals surface area contributed by atoms with Gasteiger partial charge in [-0.3, -0.25) is 0 Å². The highest BCUT2D eigenvalue weighted by atomic mass is 16.5. The van der Waals surface area contributed by atoms with Gasteiger partial charge in [-0.05, 0) is 51.9 Å². The van der Waals surface area contributed by atoms with Crippen LogP contribution in [-0.4, -0.2) is 24.3 Å². The molecule has 1 N–H and O–H groups in total. The summed E-state index contributed by atoms with van der Waals surface area (Å²) in [5.41, 5.74) is 0.272. The Balaban J connectivity index is 1.74. The Bertz CT molecular complexity index is 235. The van der Waals surface area contributed by atoms with Crippen molar-refractivity contribution in [3.8, 4) is 0 Å². The monoisotopic (exact) mass is 223 g/mol. The average Bonchev–Trinajstić information content (AvgIpc) is 2.24. The van der Waals surface area contributed by atoms with E-state index in [1.54, 1.807) is 0 Å². The standard InChI is InChI=1S/C14H25NO/c1-3-4-6-12(2)15-13-7-10-16-14(11-13)8-5-9-14/h3,12-13,15H,1,4-11H2,2H3. The summed E-state index contributed by atoms with van der Waals surface area (Å²) in [6.45, 7) is 7.01. The number of hydrogen-bond acceptors (Lipinski definition) is 2. The molecule has 1 spiro atoms. The van der Waals surface area contributed by atoms with Crippen LogP contribution in [0.15, 0.2) is 12.7 Å². The second-order valence-electron chi connectivity index (χ2n) is 5.51. The van der Waals surface area contributed by atoms with E-state index < -0.39 is 0 Å². The highest BCUT2D eigenvalue weighted by Gasteiger charge is 2.42. The molecule has 2 fully saturated rings. The molecule has 2 aliphatic rings. The van der Waals surface area contributed by atoms with E-state index in [4.69, 9.17) is 4.74 Å². The molecule has 2 atom stereocenters. The number of hydrogen-bond donors (Lipinski definition) is 1. The van der Waals surface area contributed by atoms with Crippen molar-refractivity contribution < 1.29 is 4.74 Å². The van der Waals surface area contributed by atoms with Crippen LogP contribution >= 0.6 is 0 Å². The summed E-state index contributed by atoms with van der Waals surface area (Å²) in [4.78, 5) is 0. The smallest absolute Gasteiger partial charge is 0.0697 e. The third-order valence-electron chi connectivity index (χ3n) is 4.08. The van der Waals surface area contributed by atoms with Crippen molar-refractivity contribution in [2.75, 3.05) is 6.61 Å². The predicted molar refractivity (Wildman–Crippen MR) is 67.6 cm³/mol. The van der Waals surface area contributed by atoms with Crippen LogP contribution in [0.5, 0.6) is 0 Å². The van der Waals surface area contributed by atoms with Gasteiger partial charge in [0.25, 0.3) is 0 Å². The Kier molecular flexibility index (Phi) is 4.04. The maximum Gasteiger partial charge on any atom is 0.0697 e. The van der Waals surface area contributed by atoms with Gasteiger partial charge in [-0.25, -0.2) is 0 Å². The molecular weight excluding hydrogens is 198 g/mol. The normalized spacial score (nSPS) is 29.7. The van der Waals surface area contributed by atoms with Gasteiger partial charge < -0.3 is 10.1 Å². The molecule has 1 aliphatic heterocycles. The SMILES string of the molecule is C=CCCC(C)NC1CCOC2(CCC2)C1. The van der Waals surface area contributed by atoms with Gasteiger partial charge in [0.2, 0.25) is 0 Å². The Morgan fingerprint density at radius 2 is 2.38 bits per heavy atom. The molecule has 2 heteroatoms. The van der Waals surface area contributed by atoms with Crippen molar-refractivity contribution in [2.45, 2.75) is 69.6 Å². The summed E-state index contributed by atoms with van der Waals surface area (Å²) in [6, 6.07) is 1.28. The zero-order valence-electron chi connectivity index (χ0n) is 10.5. The molecule has 0 aromatic heterocycles. The lowest BCUT2D eigenvalue weighted by Crippen LogP contribution is -2.52. The van der Waals surface area contributed by atoms with Gasteiger partial charge in [0, 0.05) is 18.7 Å². The maximum atomic E-state index is 5.94. The largest absolute Gasteiger partial charge is 0.375 e. The third kappa shape index (κ3) is 2.86. The highest BCUT2D eigenvalue weighted by Crippen LogP contribution is 2.42. The molecule has 2 rings (SSSR count). The lowest BCUT2D eigenvalue weighted by atomic mass is 9.74. The minimum absolute atomic E-state index is 0.272. The molecule has 16 heavy (non-hydrogen) atoms. The molecule has 92 valence electrons. The van der Waals surface area contributed by atoms with Crippen LogP contribution in [0.3, 0.4) is 0 Å². The Hall–Kier alpha value is -0.340. The van der Waals surface area contributed by atoms with Crippen LogP contribution in [0.1, 0.15) is 51.9 Å². The number of allylic oxidation sites excluding steroid dienone is 1. The van der Waals surface area contributed by atoms with Crippen LogP contribution in [-0.2, 0) is 4.74 Å². The van der Waals surface area contributed by atoms with E-state index in [0.717, 1.165) is 13.0 Å². The number of rotatable bonds is 5. The van der Waals surface area contributed by atoms with Crippen LogP contribution in [0.2, 0.25) is 0 Å². The first-order valence-corrected chi connectivity index (χ1v) is 6.75. The summed E-state index contributed by atoms with van der Waals surface area (Å²) in [7, 11) is 0. The van der Waals surface area contributed by atoms with Crippen molar-refractivity contribution >= 4 is 0 Å². The predicted octanol–water partition coefficient (Wildman–Crippen LogP) is 3.03. The van der Waals surface area contributed by atoms with E-state index in [-0.39, 0.29) is 5.60 Å². The highest BCUT2D eigenvalue weighted by molar-refractivity contribution is 4.96. The van der Waals surface area contributed by atoms with E-state index in [9.17, 15) is 0 Å². The Labute approximate surface area is 99.4 Å². The van der Waals surface area contributed by atoms with Gasteiger partial charge in [-0.1, -0.05) is 6.08 Å². The summed E-state index contributed by atoms with van der Waals surface area (Å²) in [6.07, 6.45) is 10.7. The van der Waals surface area contributed by atoms with E-state index in [1.807, 2.05) is 6.08 Å². The summed E-state index contributed by atoms with van der Waals surface area (Å²) in [5.74, 6) is 0. The van der Waals surface area contributed by atoms with Gasteiger partial charge in [0.05, 0.1) is 5.60 Å². The molecule has 2 nitrogen and oxygen atoms in total. The lowest BCUT2D eigenvalue weighted by Gasteiger charge is -2.47. The van der Waals surface area contributed by atoms with Gasteiger partial charge in [-0.2, -0.15) is 0 Å². The van der Waals surface area contributed by atoms with Gasteiger partial charge in [0.15, 0.2) is 0 Å². The van der Waals surface area contributed by atoms with Gasteiger partial charge in [-0.15, -0.1) is 6.58 Å². The zero-order valence-corrected chi connectivity index (χ0v) is 10.5. The molecule has 0 bridgehead atoms. The summed E-state index contributed by atoms with van der Waals surface area (Å²) < 4.78 is 5.94. The van der Waals surface area contributed by atoms with Crippen molar-refractivity contribution in [1.82, 2.24) is 5.32 Å². The summed E-state index contributed by atoms with van der Waals surface area (Å²) >= 11 is 0. The van der Waals surface area contributed by atoms with Crippen LogP contribution in [0.25, 0.3) is 0 Å². The van der Waals surface area contributed by atoms with Crippen molar-refractivity contribution in [3.63, 3.8) is 0 Å². The molecule has 0 aromatic rings. The van der Waals surface area contributed by atoms with Crippen LogP contribution < -0.4 is 5.32 Å². The topological polar surface area (TPSA) is 21.3 Å². The van der Waals surface area contributed by atoms with E-state index in [0.29, 0.717) is 12.1 Å². The first kappa shape index (κ1) is 12.1. The fraction of sp³-hybridized carbons (Fsp3) is 0.857. The molecule has 1 saturated carbocycles. The first-order chi connectivity index (χ1) is 7.74. The first-order valence-electron chi connectivity index (χ1n) is 6.75. The molecule has 0 amide bonds. The maximum absolute atomic E-state index is 5.94. The molecule has 1 saturated heterocycles. The van der Waals surface area contributed by atoms with Gasteiger partial charge in [0.1, 0.15) is 0 Å². The van der Waals surface area contributed by atoms with E-state index >= 15 is 0 Å². The minimum Gasteiger partial charge on any atom is -0.375 e. The zero-order chi connectivity index (χ0) is 11.4. The molecule has 2 unspecified atom stereocenters. The fourth-order valence-corrected chi connectivity index (χ4v) is 2.94. The Morgan fingerprint density at radius 1 is 1.56 bits per heavy atom. The molecule has 0 aromatic carbocycles. The average molecular weight is 223 g/mol. The molecule has 1 heterocycles. The fourth-order valence-electron chi connectivity index (χ4n) is 2.94. The van der Waals surface area contributed by atoms with E-state index in [2.05, 4.69) is 18.8 Å². The van der Waals surface area contributed by atoms with Crippen LogP contribution in [0, 0.1) is 0 Å². The summed E-state index contributed by atoms with van der Waals surface area (Å²) in [5, 5.41) is 3.75. The number of nitrogens with one attached hydrogen (secondary N) is 1. The van der Waals surface area contributed by atoms with Crippen molar-refractivity contribution in [2.24, 2.45) is 0 Å². The lowest BCUT2D eigenvalue weighted by molar-refractivity contribution is -0.136.